The van der Waals surface area contributed by atoms with E-state index in [9.17, 15) is 19.7 Å². The van der Waals surface area contributed by atoms with Crippen LogP contribution in [0.4, 0.5) is 5.69 Å². The van der Waals surface area contributed by atoms with E-state index in [0.29, 0.717) is 22.4 Å². The van der Waals surface area contributed by atoms with Gasteiger partial charge in [-0.1, -0.05) is 12.1 Å². The average molecular weight is 432 g/mol. The molecule has 2 aromatic heterocycles. The smallest absolute Gasteiger partial charge is 0.294 e. The molecule has 32 heavy (non-hydrogen) atoms. The summed E-state index contributed by atoms with van der Waals surface area (Å²) in [4.78, 5) is 49.4. The molecule has 10 nitrogen and oxygen atoms in total. The van der Waals surface area contributed by atoms with Gasteiger partial charge in [-0.15, -0.1) is 0 Å². The highest BCUT2D eigenvalue weighted by molar-refractivity contribution is 5.95. The summed E-state index contributed by atoms with van der Waals surface area (Å²) >= 11 is 0. The minimum atomic E-state index is -0.534. The zero-order chi connectivity index (χ0) is 22.8. The van der Waals surface area contributed by atoms with Gasteiger partial charge in [-0.05, 0) is 38.1 Å². The number of benzene rings is 2. The van der Waals surface area contributed by atoms with Gasteiger partial charge in [0.1, 0.15) is 11.5 Å². The van der Waals surface area contributed by atoms with Crippen LogP contribution in [-0.2, 0) is 6.54 Å². The molecule has 0 aliphatic heterocycles. The SMILES string of the molecule is CC(C)N(Cc1nc2ccccc2c(=O)[nH]1)C(=O)c1ccc(-n2ccnc2)c([N+](=O)[O-])c1. The molecule has 10 heteroatoms. The first-order valence-electron chi connectivity index (χ1n) is 9.91. The van der Waals surface area contributed by atoms with Crippen molar-refractivity contribution in [3.63, 3.8) is 0 Å². The molecule has 0 saturated carbocycles. The lowest BCUT2D eigenvalue weighted by atomic mass is 10.1. The number of carbonyl (C=O) groups is 1. The number of rotatable bonds is 6. The van der Waals surface area contributed by atoms with E-state index in [4.69, 9.17) is 0 Å². The largest absolute Gasteiger partial charge is 0.329 e. The number of aromatic nitrogens is 4. The minimum Gasteiger partial charge on any atom is -0.329 e. The number of nitrogens with one attached hydrogen (secondary N) is 1. The fourth-order valence-electron chi connectivity index (χ4n) is 3.45. The molecule has 4 aromatic rings. The highest BCUT2D eigenvalue weighted by Crippen LogP contribution is 2.25. The van der Waals surface area contributed by atoms with Crippen molar-refractivity contribution in [3.05, 3.63) is 93.0 Å². The minimum absolute atomic E-state index is 0.0492. The van der Waals surface area contributed by atoms with Crippen LogP contribution in [0.25, 0.3) is 16.6 Å². The van der Waals surface area contributed by atoms with E-state index in [2.05, 4.69) is 15.0 Å². The molecule has 0 spiro atoms. The van der Waals surface area contributed by atoms with E-state index in [1.54, 1.807) is 30.5 Å². The van der Waals surface area contributed by atoms with Crippen molar-refractivity contribution in [3.8, 4) is 5.69 Å². The summed E-state index contributed by atoms with van der Waals surface area (Å²) in [5, 5.41) is 12.1. The Balaban J connectivity index is 1.69. The molecule has 0 aliphatic rings. The third-order valence-corrected chi connectivity index (χ3v) is 5.07. The van der Waals surface area contributed by atoms with Gasteiger partial charge in [0.15, 0.2) is 0 Å². The summed E-state index contributed by atoms with van der Waals surface area (Å²) in [6, 6.07) is 11.0. The lowest BCUT2D eigenvalue weighted by molar-refractivity contribution is -0.384. The zero-order valence-electron chi connectivity index (χ0n) is 17.4. The number of carbonyl (C=O) groups excluding carboxylic acids is 1. The van der Waals surface area contributed by atoms with Gasteiger partial charge in [0.25, 0.3) is 17.2 Å². The molecule has 0 aliphatic carbocycles. The molecule has 0 saturated heterocycles. The topological polar surface area (TPSA) is 127 Å². The lowest BCUT2D eigenvalue weighted by Crippen LogP contribution is -2.37. The van der Waals surface area contributed by atoms with E-state index in [1.807, 2.05) is 13.8 Å². The molecule has 0 unspecified atom stereocenters. The van der Waals surface area contributed by atoms with Crippen LogP contribution in [-0.4, -0.2) is 41.3 Å². The highest BCUT2D eigenvalue weighted by atomic mass is 16.6. The molecular formula is C22H20N6O4. The number of fused-ring (bicyclic) bond motifs is 1. The Hall–Kier alpha value is -4.34. The van der Waals surface area contributed by atoms with Crippen molar-refractivity contribution >= 4 is 22.5 Å². The van der Waals surface area contributed by atoms with Crippen molar-refractivity contribution in [2.75, 3.05) is 0 Å². The first-order chi connectivity index (χ1) is 15.3. The molecule has 0 atom stereocenters. The first kappa shape index (κ1) is 20.9. The summed E-state index contributed by atoms with van der Waals surface area (Å²) in [6.45, 7) is 3.70. The standard InChI is InChI=1S/C22H20N6O4/c1-14(2)27(12-20-24-17-6-4-3-5-16(17)21(29)25-20)22(30)15-7-8-18(19(11-15)28(31)32)26-10-9-23-13-26/h3-11,13-14H,12H2,1-2H3,(H,24,25,29). The number of nitro groups is 1. The van der Waals surface area contributed by atoms with Gasteiger partial charge in [-0.25, -0.2) is 9.97 Å². The second-order valence-electron chi connectivity index (χ2n) is 7.49. The van der Waals surface area contributed by atoms with Crippen molar-refractivity contribution in [2.45, 2.75) is 26.4 Å². The number of imidazole rings is 1. The van der Waals surface area contributed by atoms with Gasteiger partial charge in [-0.3, -0.25) is 19.7 Å². The number of nitrogens with zero attached hydrogens (tertiary/aromatic N) is 5. The Labute approximate surface area is 182 Å². The van der Waals surface area contributed by atoms with Gasteiger partial charge < -0.3 is 14.5 Å². The maximum Gasteiger partial charge on any atom is 0.294 e. The molecule has 2 heterocycles. The molecular weight excluding hydrogens is 412 g/mol. The normalized spacial score (nSPS) is 11.1. The van der Waals surface area contributed by atoms with Crippen LogP contribution in [0.5, 0.6) is 0 Å². The monoisotopic (exact) mass is 432 g/mol. The second kappa shape index (κ2) is 8.42. The van der Waals surface area contributed by atoms with E-state index in [1.165, 1.54) is 40.2 Å². The predicted molar refractivity (Wildman–Crippen MR) is 118 cm³/mol. The number of nitro benzene ring substituents is 1. The molecule has 162 valence electrons. The number of hydrogen-bond donors (Lipinski definition) is 1. The number of para-hydroxylation sites is 1. The lowest BCUT2D eigenvalue weighted by Gasteiger charge is -2.26. The summed E-state index contributed by atoms with van der Waals surface area (Å²) in [7, 11) is 0. The van der Waals surface area contributed by atoms with Crippen LogP contribution in [0.15, 0.2) is 66.0 Å². The van der Waals surface area contributed by atoms with Crippen molar-refractivity contribution < 1.29 is 9.72 Å². The molecule has 4 rings (SSSR count). The quantitative estimate of drug-likeness (QED) is 0.368. The fourth-order valence-corrected chi connectivity index (χ4v) is 3.45. The number of aromatic amines is 1. The van der Waals surface area contributed by atoms with Crippen molar-refractivity contribution in [1.29, 1.82) is 0 Å². The van der Waals surface area contributed by atoms with Crippen LogP contribution in [0.3, 0.4) is 0 Å². The van der Waals surface area contributed by atoms with Gasteiger partial charge in [0.05, 0.1) is 28.7 Å². The van der Waals surface area contributed by atoms with E-state index < -0.39 is 10.8 Å². The molecule has 0 fully saturated rings. The molecule has 0 radical (unpaired) electrons. The molecule has 1 N–H and O–H groups in total. The van der Waals surface area contributed by atoms with Crippen molar-refractivity contribution in [1.82, 2.24) is 24.4 Å². The molecule has 2 aromatic carbocycles. The number of hydrogen-bond acceptors (Lipinski definition) is 6. The Morgan fingerprint density at radius 1 is 1.25 bits per heavy atom. The average Bonchev–Trinajstić information content (AvgIpc) is 3.31. The maximum absolute atomic E-state index is 13.3. The number of H-pyrrole nitrogens is 1. The Bertz CT molecular complexity index is 1360. The summed E-state index contributed by atoms with van der Waals surface area (Å²) in [5.41, 5.74) is 0.498. The predicted octanol–water partition coefficient (Wildman–Crippen LogP) is 3.07. The van der Waals surface area contributed by atoms with Crippen LogP contribution < -0.4 is 5.56 Å². The Morgan fingerprint density at radius 2 is 2.03 bits per heavy atom. The van der Waals surface area contributed by atoms with Gasteiger partial charge >= 0.3 is 0 Å². The third-order valence-electron chi connectivity index (χ3n) is 5.07. The Kier molecular flexibility index (Phi) is 5.50. The summed E-state index contributed by atoms with van der Waals surface area (Å²) in [6.07, 6.45) is 4.55. The third kappa shape index (κ3) is 3.97. The summed E-state index contributed by atoms with van der Waals surface area (Å²) < 4.78 is 1.51. The molecule has 0 bridgehead atoms. The second-order valence-corrected chi connectivity index (χ2v) is 7.49. The van der Waals surface area contributed by atoms with Gasteiger partial charge in [0, 0.05) is 30.1 Å². The van der Waals surface area contributed by atoms with Crippen LogP contribution in [0.2, 0.25) is 0 Å². The van der Waals surface area contributed by atoms with E-state index in [0.717, 1.165) is 0 Å². The van der Waals surface area contributed by atoms with Crippen LogP contribution >= 0.6 is 0 Å². The highest BCUT2D eigenvalue weighted by Gasteiger charge is 2.24. The summed E-state index contributed by atoms with van der Waals surface area (Å²) in [5.74, 6) is -0.0728. The number of amides is 1. The van der Waals surface area contributed by atoms with Crippen molar-refractivity contribution in [2.24, 2.45) is 0 Å². The maximum atomic E-state index is 13.3. The van der Waals surface area contributed by atoms with Gasteiger partial charge in [0.2, 0.25) is 0 Å². The Morgan fingerprint density at radius 3 is 2.72 bits per heavy atom. The van der Waals surface area contributed by atoms with E-state index >= 15 is 0 Å². The fraction of sp³-hybridized carbons (Fsp3) is 0.182. The zero-order valence-corrected chi connectivity index (χ0v) is 17.4. The first-order valence-corrected chi connectivity index (χ1v) is 9.91. The van der Waals surface area contributed by atoms with E-state index in [-0.39, 0.29) is 29.4 Å². The molecule has 1 amide bonds. The van der Waals surface area contributed by atoms with Crippen LogP contribution in [0, 0.1) is 10.1 Å². The van der Waals surface area contributed by atoms with Crippen LogP contribution in [0.1, 0.15) is 30.0 Å². The van der Waals surface area contributed by atoms with Gasteiger partial charge in [-0.2, -0.15) is 0 Å².